The molecule has 3 nitrogen and oxygen atoms in total. The van der Waals surface area contributed by atoms with Gasteiger partial charge in [-0.3, -0.25) is 0 Å². The Balaban J connectivity index is 2.15. The predicted octanol–water partition coefficient (Wildman–Crippen LogP) is 2.46. The van der Waals surface area contributed by atoms with Crippen LogP contribution in [0.15, 0.2) is 18.2 Å². The van der Waals surface area contributed by atoms with Gasteiger partial charge in [0.15, 0.2) is 5.13 Å². The summed E-state index contributed by atoms with van der Waals surface area (Å²) in [5.41, 5.74) is 7.97. The summed E-state index contributed by atoms with van der Waals surface area (Å²) in [5.74, 6) is 0. The van der Waals surface area contributed by atoms with E-state index in [-0.39, 0.29) is 0 Å². The van der Waals surface area contributed by atoms with Gasteiger partial charge >= 0.3 is 0 Å². The van der Waals surface area contributed by atoms with Gasteiger partial charge in [-0.25, -0.2) is 4.98 Å². The van der Waals surface area contributed by atoms with Gasteiger partial charge in [0.1, 0.15) is 0 Å². The SMILES string of the molecule is COCCCc1ccc2nc(N)sc2c1. The van der Waals surface area contributed by atoms with Gasteiger partial charge < -0.3 is 10.5 Å². The number of aromatic nitrogens is 1. The first kappa shape index (κ1) is 10.4. The van der Waals surface area contributed by atoms with Crippen LogP contribution in [0.1, 0.15) is 12.0 Å². The molecule has 0 aliphatic heterocycles. The molecule has 0 radical (unpaired) electrons. The summed E-state index contributed by atoms with van der Waals surface area (Å²) in [4.78, 5) is 4.22. The Morgan fingerprint density at radius 1 is 1.47 bits per heavy atom. The topological polar surface area (TPSA) is 48.1 Å². The molecule has 15 heavy (non-hydrogen) atoms. The van der Waals surface area contributed by atoms with Crippen molar-refractivity contribution in [3.8, 4) is 0 Å². The van der Waals surface area contributed by atoms with Gasteiger partial charge in [0.25, 0.3) is 0 Å². The molecule has 4 heteroatoms. The van der Waals surface area contributed by atoms with E-state index in [2.05, 4.69) is 17.1 Å². The van der Waals surface area contributed by atoms with Crippen molar-refractivity contribution in [2.75, 3.05) is 19.5 Å². The Bertz CT molecular complexity index is 453. The maximum Gasteiger partial charge on any atom is 0.181 e. The van der Waals surface area contributed by atoms with Crippen molar-refractivity contribution in [1.82, 2.24) is 4.98 Å². The van der Waals surface area contributed by atoms with E-state index < -0.39 is 0 Å². The standard InChI is InChI=1S/C11H14N2OS/c1-14-6-2-3-8-4-5-9-10(7-8)15-11(12)13-9/h4-5,7H,2-3,6H2,1H3,(H2,12,13). The number of aryl methyl sites for hydroxylation is 1. The third-order valence-corrected chi connectivity index (χ3v) is 3.13. The van der Waals surface area contributed by atoms with Crippen LogP contribution in [0.2, 0.25) is 0 Å². The first-order valence-electron chi connectivity index (χ1n) is 4.93. The molecule has 0 spiro atoms. The highest BCUT2D eigenvalue weighted by Gasteiger charge is 2.01. The van der Waals surface area contributed by atoms with E-state index >= 15 is 0 Å². The van der Waals surface area contributed by atoms with Crippen molar-refractivity contribution in [3.05, 3.63) is 23.8 Å². The minimum absolute atomic E-state index is 0.638. The lowest BCUT2D eigenvalue weighted by Gasteiger charge is -2.00. The number of ether oxygens (including phenoxy) is 1. The number of nitrogens with zero attached hydrogens (tertiary/aromatic N) is 1. The number of fused-ring (bicyclic) bond motifs is 1. The maximum atomic E-state index is 5.65. The van der Waals surface area contributed by atoms with Gasteiger partial charge in [0.2, 0.25) is 0 Å². The predicted molar refractivity (Wildman–Crippen MR) is 64.2 cm³/mol. The smallest absolute Gasteiger partial charge is 0.181 e. The molecular weight excluding hydrogens is 208 g/mol. The molecule has 80 valence electrons. The number of hydrogen-bond donors (Lipinski definition) is 1. The number of nitrogen functional groups attached to an aromatic ring is 1. The number of thiazole rings is 1. The van der Waals surface area contributed by atoms with E-state index in [1.165, 1.54) is 10.3 Å². The summed E-state index contributed by atoms with van der Waals surface area (Å²) in [7, 11) is 1.73. The minimum atomic E-state index is 0.638. The highest BCUT2D eigenvalue weighted by Crippen LogP contribution is 2.24. The Kier molecular flexibility index (Phi) is 3.18. The second-order valence-corrected chi connectivity index (χ2v) is 4.51. The number of hydrogen-bond acceptors (Lipinski definition) is 4. The minimum Gasteiger partial charge on any atom is -0.385 e. The third kappa shape index (κ3) is 2.46. The molecule has 0 unspecified atom stereocenters. The van der Waals surface area contributed by atoms with Crippen molar-refractivity contribution in [2.24, 2.45) is 0 Å². The molecule has 0 atom stereocenters. The summed E-state index contributed by atoms with van der Waals surface area (Å²) >= 11 is 1.54. The van der Waals surface area contributed by atoms with Gasteiger partial charge in [0.05, 0.1) is 10.2 Å². The maximum absolute atomic E-state index is 5.65. The first-order chi connectivity index (χ1) is 7.29. The van der Waals surface area contributed by atoms with Gasteiger partial charge in [-0.2, -0.15) is 0 Å². The lowest BCUT2D eigenvalue weighted by atomic mass is 10.1. The molecule has 2 rings (SSSR count). The van der Waals surface area contributed by atoms with Gasteiger partial charge in [0, 0.05) is 13.7 Å². The van der Waals surface area contributed by atoms with Crippen LogP contribution in [-0.4, -0.2) is 18.7 Å². The first-order valence-corrected chi connectivity index (χ1v) is 5.75. The van der Waals surface area contributed by atoms with Crippen molar-refractivity contribution in [2.45, 2.75) is 12.8 Å². The molecule has 0 amide bonds. The molecule has 0 bridgehead atoms. The van der Waals surface area contributed by atoms with Crippen LogP contribution in [0.4, 0.5) is 5.13 Å². The van der Waals surface area contributed by atoms with Crippen LogP contribution < -0.4 is 5.73 Å². The van der Waals surface area contributed by atoms with E-state index in [0.717, 1.165) is 25.0 Å². The van der Waals surface area contributed by atoms with Gasteiger partial charge in [-0.05, 0) is 30.5 Å². The number of benzene rings is 1. The van der Waals surface area contributed by atoms with Crippen molar-refractivity contribution in [3.63, 3.8) is 0 Å². The summed E-state index contributed by atoms with van der Waals surface area (Å²) in [6, 6.07) is 6.31. The van der Waals surface area contributed by atoms with Crippen LogP contribution in [-0.2, 0) is 11.2 Å². The molecule has 0 saturated heterocycles. The fourth-order valence-corrected chi connectivity index (χ4v) is 2.36. The highest BCUT2D eigenvalue weighted by atomic mass is 32.1. The fourth-order valence-electron chi connectivity index (χ4n) is 1.56. The number of nitrogens with two attached hydrogens (primary N) is 1. The molecular formula is C11H14N2OS. The summed E-state index contributed by atoms with van der Waals surface area (Å²) < 4.78 is 6.19. The highest BCUT2D eigenvalue weighted by molar-refractivity contribution is 7.22. The van der Waals surface area contributed by atoms with Crippen molar-refractivity contribution < 1.29 is 4.74 Å². The summed E-state index contributed by atoms with van der Waals surface area (Å²) in [6.45, 7) is 0.808. The lowest BCUT2D eigenvalue weighted by molar-refractivity contribution is 0.195. The van der Waals surface area contributed by atoms with Gasteiger partial charge in [-0.1, -0.05) is 17.4 Å². The Morgan fingerprint density at radius 2 is 2.33 bits per heavy atom. The number of methoxy groups -OCH3 is 1. The van der Waals surface area contributed by atoms with Crippen molar-refractivity contribution in [1.29, 1.82) is 0 Å². The van der Waals surface area contributed by atoms with E-state index in [9.17, 15) is 0 Å². The van der Waals surface area contributed by atoms with E-state index in [4.69, 9.17) is 10.5 Å². The molecule has 1 aromatic carbocycles. The van der Waals surface area contributed by atoms with Crippen LogP contribution >= 0.6 is 11.3 Å². The van der Waals surface area contributed by atoms with Gasteiger partial charge in [-0.15, -0.1) is 0 Å². The monoisotopic (exact) mass is 222 g/mol. The number of rotatable bonds is 4. The van der Waals surface area contributed by atoms with Crippen LogP contribution in [0, 0.1) is 0 Å². The Labute approximate surface area is 92.9 Å². The Morgan fingerprint density at radius 3 is 3.13 bits per heavy atom. The van der Waals surface area contributed by atoms with E-state index in [1.807, 2.05) is 6.07 Å². The molecule has 2 N–H and O–H groups in total. The third-order valence-electron chi connectivity index (χ3n) is 2.28. The van der Waals surface area contributed by atoms with Crippen molar-refractivity contribution >= 4 is 26.7 Å². The average molecular weight is 222 g/mol. The Hall–Kier alpha value is -1.13. The fraction of sp³-hybridized carbons (Fsp3) is 0.364. The zero-order valence-electron chi connectivity index (χ0n) is 8.69. The van der Waals surface area contributed by atoms with Crippen LogP contribution in [0.3, 0.4) is 0 Å². The average Bonchev–Trinajstić information content (AvgIpc) is 2.57. The molecule has 1 aromatic heterocycles. The summed E-state index contributed by atoms with van der Waals surface area (Å²) in [6.07, 6.45) is 2.10. The molecule has 1 heterocycles. The zero-order chi connectivity index (χ0) is 10.7. The summed E-state index contributed by atoms with van der Waals surface area (Å²) in [5, 5.41) is 0.638. The number of anilines is 1. The zero-order valence-corrected chi connectivity index (χ0v) is 9.51. The molecule has 0 fully saturated rings. The van der Waals surface area contributed by atoms with E-state index in [1.54, 1.807) is 18.4 Å². The quantitative estimate of drug-likeness (QED) is 0.808. The normalized spacial score (nSPS) is 11.0. The molecule has 0 aliphatic carbocycles. The lowest BCUT2D eigenvalue weighted by Crippen LogP contribution is -1.92. The second kappa shape index (κ2) is 4.59. The van der Waals surface area contributed by atoms with Crippen LogP contribution in [0.5, 0.6) is 0 Å². The molecule has 0 aliphatic rings. The molecule has 0 saturated carbocycles. The largest absolute Gasteiger partial charge is 0.385 e. The van der Waals surface area contributed by atoms with E-state index in [0.29, 0.717) is 5.13 Å². The molecule has 2 aromatic rings. The second-order valence-electron chi connectivity index (χ2n) is 3.45. The van der Waals surface area contributed by atoms with Crippen LogP contribution in [0.25, 0.3) is 10.2 Å².